The standard InChI is InChI=1S/C13H15N3S/c1-2-17-13-10(8-14)7-11-12(15-13)9-3-5-16(11)6-4-9/h7,9H,2-6H2,1H3. The van der Waals surface area contributed by atoms with Crippen molar-refractivity contribution in [3.63, 3.8) is 0 Å². The van der Waals surface area contributed by atoms with Gasteiger partial charge in [0, 0.05) is 19.0 Å². The second kappa shape index (κ2) is 4.23. The zero-order valence-electron chi connectivity index (χ0n) is 9.94. The predicted octanol–water partition coefficient (Wildman–Crippen LogP) is 2.76. The zero-order chi connectivity index (χ0) is 11.8. The number of pyridine rings is 1. The van der Waals surface area contributed by atoms with Gasteiger partial charge in [0.2, 0.25) is 0 Å². The summed E-state index contributed by atoms with van der Waals surface area (Å²) in [6, 6.07) is 4.33. The van der Waals surface area contributed by atoms with Gasteiger partial charge >= 0.3 is 0 Å². The minimum absolute atomic E-state index is 0.624. The molecule has 88 valence electrons. The van der Waals surface area contributed by atoms with Crippen molar-refractivity contribution < 1.29 is 0 Å². The first kappa shape index (κ1) is 10.9. The number of hydrogen-bond acceptors (Lipinski definition) is 4. The highest BCUT2D eigenvalue weighted by Crippen LogP contribution is 2.42. The van der Waals surface area contributed by atoms with E-state index in [0.29, 0.717) is 5.92 Å². The molecule has 2 bridgehead atoms. The van der Waals surface area contributed by atoms with Crippen molar-refractivity contribution in [1.29, 1.82) is 5.26 Å². The Labute approximate surface area is 106 Å². The highest BCUT2D eigenvalue weighted by atomic mass is 32.2. The summed E-state index contributed by atoms with van der Waals surface area (Å²) in [4.78, 5) is 7.13. The first-order chi connectivity index (χ1) is 8.33. The number of nitriles is 1. The van der Waals surface area contributed by atoms with Crippen molar-refractivity contribution in [1.82, 2.24) is 4.98 Å². The van der Waals surface area contributed by atoms with E-state index in [0.717, 1.165) is 29.4 Å². The Morgan fingerprint density at radius 1 is 1.53 bits per heavy atom. The Balaban J connectivity index is 2.11. The van der Waals surface area contributed by atoms with E-state index in [1.54, 1.807) is 11.8 Å². The minimum atomic E-state index is 0.624. The lowest BCUT2D eigenvalue weighted by Gasteiger charge is -2.41. The van der Waals surface area contributed by atoms with E-state index in [1.807, 2.05) is 6.07 Å². The Morgan fingerprint density at radius 2 is 2.29 bits per heavy atom. The van der Waals surface area contributed by atoms with E-state index in [2.05, 4.69) is 17.9 Å². The second-order valence-corrected chi connectivity index (χ2v) is 5.80. The van der Waals surface area contributed by atoms with E-state index in [9.17, 15) is 5.26 Å². The topological polar surface area (TPSA) is 39.9 Å². The molecule has 3 aliphatic heterocycles. The molecular weight excluding hydrogens is 230 g/mol. The van der Waals surface area contributed by atoms with Crippen molar-refractivity contribution in [2.24, 2.45) is 0 Å². The van der Waals surface area contributed by atoms with Crippen molar-refractivity contribution in [2.75, 3.05) is 23.7 Å². The summed E-state index contributed by atoms with van der Waals surface area (Å²) in [6.07, 6.45) is 2.45. The molecule has 1 aromatic rings. The average molecular weight is 245 g/mol. The summed E-state index contributed by atoms with van der Waals surface area (Å²) in [5.74, 6) is 1.59. The Bertz CT molecular complexity index is 484. The minimum Gasteiger partial charge on any atom is -0.370 e. The predicted molar refractivity (Wildman–Crippen MR) is 69.5 cm³/mol. The molecule has 0 radical (unpaired) electrons. The normalized spacial score (nSPS) is 18.0. The Morgan fingerprint density at radius 3 is 2.94 bits per heavy atom. The van der Waals surface area contributed by atoms with Gasteiger partial charge in [-0.2, -0.15) is 5.26 Å². The molecule has 4 rings (SSSR count). The molecule has 0 atom stereocenters. The molecule has 0 amide bonds. The van der Waals surface area contributed by atoms with Gasteiger partial charge in [0.1, 0.15) is 11.1 Å². The van der Waals surface area contributed by atoms with Crippen LogP contribution in [0.4, 0.5) is 5.69 Å². The number of thioether (sulfide) groups is 1. The van der Waals surface area contributed by atoms with E-state index in [1.165, 1.54) is 24.2 Å². The van der Waals surface area contributed by atoms with Crippen LogP contribution >= 0.6 is 11.8 Å². The molecule has 0 saturated carbocycles. The largest absolute Gasteiger partial charge is 0.370 e. The van der Waals surface area contributed by atoms with Gasteiger partial charge in [0.25, 0.3) is 0 Å². The molecule has 1 aromatic heterocycles. The highest BCUT2D eigenvalue weighted by Gasteiger charge is 2.32. The molecule has 3 nitrogen and oxygen atoms in total. The van der Waals surface area contributed by atoms with Crippen LogP contribution in [0.1, 0.15) is 36.9 Å². The van der Waals surface area contributed by atoms with Crippen LogP contribution in [0.25, 0.3) is 0 Å². The van der Waals surface area contributed by atoms with Gasteiger partial charge in [-0.3, -0.25) is 0 Å². The molecule has 0 unspecified atom stereocenters. The fraction of sp³-hybridized carbons (Fsp3) is 0.538. The number of rotatable bonds is 2. The van der Waals surface area contributed by atoms with Crippen molar-refractivity contribution in [2.45, 2.75) is 30.7 Å². The third-order valence-electron chi connectivity index (χ3n) is 3.62. The van der Waals surface area contributed by atoms with Gasteiger partial charge < -0.3 is 4.90 Å². The van der Waals surface area contributed by atoms with Crippen LogP contribution in [0.5, 0.6) is 0 Å². The van der Waals surface area contributed by atoms with Gasteiger partial charge in [-0.15, -0.1) is 11.8 Å². The van der Waals surface area contributed by atoms with Gasteiger partial charge in [-0.25, -0.2) is 4.98 Å². The van der Waals surface area contributed by atoms with E-state index in [4.69, 9.17) is 4.98 Å². The van der Waals surface area contributed by atoms with Crippen LogP contribution in [0.2, 0.25) is 0 Å². The first-order valence-corrected chi connectivity index (χ1v) is 7.14. The SMILES string of the molecule is CCSc1nc2c(cc1C#N)N1CCC2CC1. The van der Waals surface area contributed by atoms with Crippen LogP contribution in [0.15, 0.2) is 11.1 Å². The molecule has 4 heteroatoms. The summed E-state index contributed by atoms with van der Waals surface area (Å²) in [5, 5.41) is 10.1. The summed E-state index contributed by atoms with van der Waals surface area (Å²) in [5.41, 5.74) is 3.19. The summed E-state index contributed by atoms with van der Waals surface area (Å²) < 4.78 is 0. The molecular formula is C13H15N3S. The van der Waals surface area contributed by atoms with Crippen LogP contribution in [0.3, 0.4) is 0 Å². The summed E-state index contributed by atoms with van der Waals surface area (Å²) in [6.45, 7) is 4.36. The molecule has 17 heavy (non-hydrogen) atoms. The maximum Gasteiger partial charge on any atom is 0.114 e. The number of piperidine rings is 1. The van der Waals surface area contributed by atoms with Gasteiger partial charge in [-0.05, 0) is 24.7 Å². The quantitative estimate of drug-likeness (QED) is 0.751. The molecule has 1 saturated heterocycles. The number of fused-ring (bicyclic) bond motifs is 2. The van der Waals surface area contributed by atoms with Gasteiger partial charge in [0.15, 0.2) is 0 Å². The Hall–Kier alpha value is -1.21. The fourth-order valence-corrected chi connectivity index (χ4v) is 3.47. The maximum absolute atomic E-state index is 9.19. The van der Waals surface area contributed by atoms with E-state index >= 15 is 0 Å². The van der Waals surface area contributed by atoms with E-state index in [-0.39, 0.29) is 0 Å². The first-order valence-electron chi connectivity index (χ1n) is 6.16. The molecule has 3 aliphatic rings. The third-order valence-corrected chi connectivity index (χ3v) is 4.49. The lowest BCUT2D eigenvalue weighted by atomic mass is 9.86. The second-order valence-electron chi connectivity index (χ2n) is 4.55. The average Bonchev–Trinajstić information content (AvgIpc) is 2.40. The maximum atomic E-state index is 9.19. The van der Waals surface area contributed by atoms with Crippen LogP contribution in [-0.4, -0.2) is 23.8 Å². The Kier molecular flexibility index (Phi) is 2.71. The lowest BCUT2D eigenvalue weighted by Crippen LogP contribution is -2.39. The van der Waals surface area contributed by atoms with E-state index < -0.39 is 0 Å². The lowest BCUT2D eigenvalue weighted by molar-refractivity contribution is 0.461. The molecule has 4 heterocycles. The smallest absolute Gasteiger partial charge is 0.114 e. The summed E-state index contributed by atoms with van der Waals surface area (Å²) >= 11 is 1.67. The molecule has 1 fully saturated rings. The number of nitrogens with zero attached hydrogens (tertiary/aromatic N) is 3. The van der Waals surface area contributed by atoms with Crippen molar-refractivity contribution >= 4 is 17.4 Å². The van der Waals surface area contributed by atoms with Gasteiger partial charge in [0.05, 0.1) is 16.9 Å². The highest BCUT2D eigenvalue weighted by molar-refractivity contribution is 7.99. The van der Waals surface area contributed by atoms with Gasteiger partial charge in [-0.1, -0.05) is 6.92 Å². The van der Waals surface area contributed by atoms with Crippen LogP contribution < -0.4 is 4.90 Å². The number of anilines is 1. The third kappa shape index (κ3) is 1.69. The zero-order valence-corrected chi connectivity index (χ0v) is 10.8. The molecule has 0 aromatic carbocycles. The van der Waals surface area contributed by atoms with Crippen LogP contribution in [0, 0.1) is 11.3 Å². The fourth-order valence-electron chi connectivity index (χ4n) is 2.77. The number of hydrogen-bond donors (Lipinski definition) is 0. The molecule has 0 aliphatic carbocycles. The summed E-state index contributed by atoms with van der Waals surface area (Å²) in [7, 11) is 0. The van der Waals surface area contributed by atoms with Crippen molar-refractivity contribution in [3.05, 3.63) is 17.3 Å². The molecule has 0 N–H and O–H groups in total. The molecule has 0 spiro atoms. The number of aromatic nitrogens is 1. The monoisotopic (exact) mass is 245 g/mol. The van der Waals surface area contributed by atoms with Crippen molar-refractivity contribution in [3.8, 4) is 6.07 Å². The van der Waals surface area contributed by atoms with Crippen LogP contribution in [-0.2, 0) is 0 Å².